The zero-order valence-electron chi connectivity index (χ0n) is 20.6. The number of hydrogen-bond acceptors (Lipinski definition) is 7. The predicted octanol–water partition coefficient (Wildman–Crippen LogP) is 3.29. The van der Waals surface area contributed by atoms with Gasteiger partial charge in [-0.25, -0.2) is 4.98 Å². The SMILES string of the molecule is Cc1cnc(NC(=O)c2cc(Oc3ccc(C(=O)N4CCC4)cc3)cc(O[C@H]3CCN(C)C3=O)c2)cn1. The summed E-state index contributed by atoms with van der Waals surface area (Å²) in [6.45, 7) is 3.96. The number of nitrogens with one attached hydrogen (secondary N) is 1. The first kappa shape index (κ1) is 24.2. The molecule has 0 radical (unpaired) electrons. The Labute approximate surface area is 214 Å². The number of likely N-dealkylation sites (tertiary alicyclic amines) is 2. The first-order chi connectivity index (χ1) is 17.9. The minimum absolute atomic E-state index is 0.00226. The summed E-state index contributed by atoms with van der Waals surface area (Å²) in [4.78, 5) is 49.5. The van der Waals surface area contributed by atoms with Crippen molar-refractivity contribution in [1.82, 2.24) is 19.8 Å². The number of anilines is 1. The number of likely N-dealkylation sites (N-methyl/N-ethyl adjacent to an activating group) is 1. The Balaban J connectivity index is 1.37. The fourth-order valence-corrected chi connectivity index (χ4v) is 4.04. The molecule has 1 aromatic heterocycles. The molecule has 1 N–H and O–H groups in total. The minimum atomic E-state index is -0.633. The van der Waals surface area contributed by atoms with Crippen LogP contribution in [0.4, 0.5) is 5.82 Å². The molecule has 10 heteroatoms. The van der Waals surface area contributed by atoms with Crippen molar-refractivity contribution in [3.63, 3.8) is 0 Å². The molecule has 3 heterocycles. The van der Waals surface area contributed by atoms with E-state index in [1.807, 2.05) is 0 Å². The third-order valence-corrected chi connectivity index (χ3v) is 6.30. The molecule has 3 aromatic rings. The Morgan fingerprint density at radius 1 is 0.946 bits per heavy atom. The number of ether oxygens (including phenoxy) is 2. The molecule has 0 saturated carbocycles. The van der Waals surface area contributed by atoms with Gasteiger partial charge < -0.3 is 24.6 Å². The summed E-state index contributed by atoms with van der Waals surface area (Å²) in [6.07, 6.45) is 3.97. The number of carbonyl (C=O) groups is 3. The molecule has 2 aromatic carbocycles. The maximum Gasteiger partial charge on any atom is 0.263 e. The van der Waals surface area contributed by atoms with Crippen LogP contribution in [-0.4, -0.2) is 70.3 Å². The summed E-state index contributed by atoms with van der Waals surface area (Å²) in [5.41, 5.74) is 1.58. The Hall–Kier alpha value is -4.47. The van der Waals surface area contributed by atoms with Crippen molar-refractivity contribution in [2.45, 2.75) is 25.9 Å². The van der Waals surface area contributed by atoms with E-state index in [9.17, 15) is 14.4 Å². The Bertz CT molecular complexity index is 1320. The van der Waals surface area contributed by atoms with E-state index in [2.05, 4.69) is 15.3 Å². The van der Waals surface area contributed by atoms with Crippen LogP contribution in [0.1, 0.15) is 39.3 Å². The highest BCUT2D eigenvalue weighted by Gasteiger charge is 2.31. The highest BCUT2D eigenvalue weighted by Crippen LogP contribution is 2.30. The first-order valence-corrected chi connectivity index (χ1v) is 12.1. The number of nitrogens with zero attached hydrogens (tertiary/aromatic N) is 4. The molecular formula is C27H27N5O5. The van der Waals surface area contributed by atoms with E-state index in [0.29, 0.717) is 41.6 Å². The second kappa shape index (κ2) is 10.3. The molecule has 0 bridgehead atoms. The van der Waals surface area contributed by atoms with Crippen molar-refractivity contribution in [2.24, 2.45) is 0 Å². The summed E-state index contributed by atoms with van der Waals surface area (Å²) in [7, 11) is 1.73. The number of aryl methyl sites for hydroxylation is 1. The fraction of sp³-hybridized carbons (Fsp3) is 0.296. The molecule has 1 atom stereocenters. The van der Waals surface area contributed by atoms with E-state index < -0.39 is 12.0 Å². The molecule has 3 amide bonds. The summed E-state index contributed by atoms with van der Waals surface area (Å²) in [6, 6.07) is 11.6. The van der Waals surface area contributed by atoms with Crippen LogP contribution in [0.3, 0.4) is 0 Å². The topological polar surface area (TPSA) is 114 Å². The highest BCUT2D eigenvalue weighted by molar-refractivity contribution is 6.04. The average Bonchev–Trinajstić information content (AvgIpc) is 3.17. The number of amides is 3. The van der Waals surface area contributed by atoms with Gasteiger partial charge in [0.25, 0.3) is 17.7 Å². The van der Waals surface area contributed by atoms with Crippen LogP contribution in [0.5, 0.6) is 17.2 Å². The van der Waals surface area contributed by atoms with Crippen LogP contribution in [-0.2, 0) is 4.79 Å². The Kier molecular flexibility index (Phi) is 6.72. The van der Waals surface area contributed by atoms with Gasteiger partial charge in [0.2, 0.25) is 0 Å². The third-order valence-electron chi connectivity index (χ3n) is 6.30. The molecule has 2 aliphatic rings. The second-order valence-corrected chi connectivity index (χ2v) is 9.12. The molecule has 5 rings (SSSR count). The van der Waals surface area contributed by atoms with Crippen molar-refractivity contribution in [3.8, 4) is 17.2 Å². The van der Waals surface area contributed by atoms with E-state index in [4.69, 9.17) is 9.47 Å². The minimum Gasteiger partial charge on any atom is -0.480 e. The smallest absolute Gasteiger partial charge is 0.263 e. The summed E-state index contributed by atoms with van der Waals surface area (Å²) in [5.74, 6) is 0.921. The van der Waals surface area contributed by atoms with Crippen LogP contribution < -0.4 is 14.8 Å². The fourth-order valence-electron chi connectivity index (χ4n) is 4.04. The van der Waals surface area contributed by atoms with E-state index in [1.54, 1.807) is 72.4 Å². The van der Waals surface area contributed by atoms with E-state index in [-0.39, 0.29) is 17.4 Å². The predicted molar refractivity (Wildman–Crippen MR) is 135 cm³/mol. The summed E-state index contributed by atoms with van der Waals surface area (Å²) >= 11 is 0. The lowest BCUT2D eigenvalue weighted by atomic mass is 10.1. The van der Waals surface area contributed by atoms with Gasteiger partial charge in [0.1, 0.15) is 17.2 Å². The van der Waals surface area contributed by atoms with Gasteiger partial charge in [-0.05, 0) is 49.7 Å². The van der Waals surface area contributed by atoms with Crippen molar-refractivity contribution in [1.29, 1.82) is 0 Å². The van der Waals surface area contributed by atoms with Gasteiger partial charge in [0, 0.05) is 50.3 Å². The molecule has 10 nitrogen and oxygen atoms in total. The van der Waals surface area contributed by atoms with Crippen molar-refractivity contribution in [3.05, 3.63) is 71.7 Å². The molecule has 2 aliphatic heterocycles. The van der Waals surface area contributed by atoms with E-state index in [1.165, 1.54) is 6.20 Å². The maximum atomic E-state index is 13.0. The number of rotatable bonds is 7. The normalized spacial score (nSPS) is 16.8. The van der Waals surface area contributed by atoms with Crippen LogP contribution in [0, 0.1) is 6.92 Å². The van der Waals surface area contributed by atoms with Gasteiger partial charge in [0.05, 0.1) is 18.1 Å². The zero-order chi connectivity index (χ0) is 25.9. The van der Waals surface area contributed by atoms with Gasteiger partial charge >= 0.3 is 0 Å². The van der Waals surface area contributed by atoms with Gasteiger partial charge in [0.15, 0.2) is 11.9 Å². The molecular weight excluding hydrogens is 474 g/mol. The standard InChI is InChI=1S/C27H27N5O5/c1-17-15-29-24(16-28-17)30-25(33)19-12-21(14-22(13-19)37-23-8-11-31(2)27(23)35)36-20-6-4-18(5-7-20)26(34)32-9-3-10-32/h4-7,12-16,23H,3,8-11H2,1-2H3,(H,29,30,33)/t23-/m0/s1. The third kappa shape index (κ3) is 5.53. The molecule has 190 valence electrons. The number of aromatic nitrogens is 2. The molecule has 0 spiro atoms. The van der Waals surface area contributed by atoms with Crippen LogP contribution in [0.15, 0.2) is 54.9 Å². The van der Waals surface area contributed by atoms with Crippen LogP contribution in [0.2, 0.25) is 0 Å². The monoisotopic (exact) mass is 501 g/mol. The molecule has 0 aliphatic carbocycles. The lowest BCUT2D eigenvalue weighted by molar-refractivity contribution is -0.132. The molecule has 37 heavy (non-hydrogen) atoms. The molecule has 2 fully saturated rings. The van der Waals surface area contributed by atoms with E-state index >= 15 is 0 Å². The van der Waals surface area contributed by atoms with E-state index in [0.717, 1.165) is 25.2 Å². The van der Waals surface area contributed by atoms with Gasteiger partial charge in [-0.1, -0.05) is 0 Å². The lowest BCUT2D eigenvalue weighted by Crippen LogP contribution is -2.41. The van der Waals surface area contributed by atoms with Crippen molar-refractivity contribution >= 4 is 23.5 Å². The maximum absolute atomic E-state index is 13.0. The molecule has 2 saturated heterocycles. The van der Waals surface area contributed by atoms with Gasteiger partial charge in [-0.15, -0.1) is 0 Å². The quantitative estimate of drug-likeness (QED) is 0.528. The van der Waals surface area contributed by atoms with Crippen molar-refractivity contribution in [2.75, 3.05) is 32.0 Å². The number of carbonyl (C=O) groups excluding carboxylic acids is 3. The first-order valence-electron chi connectivity index (χ1n) is 12.1. The van der Waals surface area contributed by atoms with Gasteiger partial charge in [-0.3, -0.25) is 19.4 Å². The number of hydrogen-bond donors (Lipinski definition) is 1. The Morgan fingerprint density at radius 2 is 1.70 bits per heavy atom. The second-order valence-electron chi connectivity index (χ2n) is 9.12. The van der Waals surface area contributed by atoms with Crippen LogP contribution >= 0.6 is 0 Å². The largest absolute Gasteiger partial charge is 0.480 e. The Morgan fingerprint density at radius 3 is 2.32 bits per heavy atom. The highest BCUT2D eigenvalue weighted by atomic mass is 16.5. The van der Waals surface area contributed by atoms with Crippen LogP contribution in [0.25, 0.3) is 0 Å². The zero-order valence-corrected chi connectivity index (χ0v) is 20.6. The molecule has 0 unspecified atom stereocenters. The average molecular weight is 502 g/mol. The van der Waals surface area contributed by atoms with Gasteiger partial charge in [-0.2, -0.15) is 0 Å². The summed E-state index contributed by atoms with van der Waals surface area (Å²) in [5, 5.41) is 2.71. The van der Waals surface area contributed by atoms with Crippen molar-refractivity contribution < 1.29 is 23.9 Å². The lowest BCUT2D eigenvalue weighted by Gasteiger charge is -2.30. The summed E-state index contributed by atoms with van der Waals surface area (Å²) < 4.78 is 12.0. The number of benzene rings is 2.